The summed E-state index contributed by atoms with van der Waals surface area (Å²) in [4.78, 5) is 11.4. The van der Waals surface area contributed by atoms with Crippen LogP contribution in [0.15, 0.2) is 47.4 Å². The zero-order chi connectivity index (χ0) is 14.8. The van der Waals surface area contributed by atoms with Crippen LogP contribution in [0.5, 0.6) is 0 Å². The summed E-state index contributed by atoms with van der Waals surface area (Å²) in [5, 5.41) is 0.277. The molecule has 0 aliphatic carbocycles. The minimum atomic E-state index is -3.86. The number of hydrogen-bond acceptors (Lipinski definition) is 5. The highest BCUT2D eigenvalue weighted by molar-refractivity contribution is 7.98. The molecule has 0 saturated carbocycles. The van der Waals surface area contributed by atoms with Gasteiger partial charge in [-0.3, -0.25) is 4.79 Å². The van der Waals surface area contributed by atoms with Gasteiger partial charge in [0.05, 0.1) is 4.90 Å². The van der Waals surface area contributed by atoms with Crippen LogP contribution < -0.4 is 10.5 Å². The number of carbonyl (C=O) groups is 1. The molecule has 0 heterocycles. The summed E-state index contributed by atoms with van der Waals surface area (Å²) in [6, 6.07) is 12.1. The average Bonchev–Trinajstić information content (AvgIpc) is 2.43. The molecule has 1 atom stereocenters. The van der Waals surface area contributed by atoms with Crippen molar-refractivity contribution in [2.45, 2.75) is 10.3 Å². The van der Waals surface area contributed by atoms with Crippen LogP contribution in [0.4, 0.5) is 0 Å². The minimum Gasteiger partial charge on any atom is -0.367 e. The van der Waals surface area contributed by atoms with E-state index in [-0.39, 0.29) is 4.90 Å². The van der Waals surface area contributed by atoms with Gasteiger partial charge in [0, 0.05) is 0 Å². The number of primary amides is 1. The number of nitrogens with one attached hydrogen (secondary N) is 1. The zero-order valence-corrected chi connectivity index (χ0v) is 12.4. The van der Waals surface area contributed by atoms with Crippen LogP contribution >= 0.6 is 11.9 Å². The Labute approximate surface area is 121 Å². The lowest BCUT2D eigenvalue weighted by molar-refractivity contribution is -0.117. The van der Waals surface area contributed by atoms with Crippen LogP contribution in [0.25, 0.3) is 10.8 Å². The molecule has 0 bridgehead atoms. The Hall–Kier alpha value is -1.57. The molecular weight excluding hydrogens is 296 g/mol. The first-order valence-electron chi connectivity index (χ1n) is 5.77. The molecule has 1 amide bonds. The second kappa shape index (κ2) is 5.82. The van der Waals surface area contributed by atoms with Crippen LogP contribution in [0.3, 0.4) is 0 Å². The molecule has 0 spiro atoms. The fourth-order valence-electron chi connectivity index (χ4n) is 1.86. The van der Waals surface area contributed by atoms with Crippen molar-refractivity contribution < 1.29 is 13.2 Å². The van der Waals surface area contributed by atoms with Gasteiger partial charge in [-0.25, -0.2) is 13.1 Å². The highest BCUT2D eigenvalue weighted by Crippen LogP contribution is 2.22. The maximum atomic E-state index is 12.4. The fraction of sp³-hybridized carbons (Fsp3) is 0.154. The van der Waals surface area contributed by atoms with E-state index in [2.05, 4.69) is 4.72 Å². The van der Waals surface area contributed by atoms with Gasteiger partial charge >= 0.3 is 0 Å². The third-order valence-corrected chi connectivity index (χ3v) is 5.35. The predicted octanol–water partition coefficient (Wildman–Crippen LogP) is 1.29. The van der Waals surface area contributed by atoms with E-state index in [1.807, 2.05) is 24.3 Å². The van der Waals surface area contributed by atoms with Gasteiger partial charge in [-0.2, -0.15) is 0 Å². The molecular formula is C13H14N2O3S2. The van der Waals surface area contributed by atoms with E-state index >= 15 is 0 Å². The lowest BCUT2D eigenvalue weighted by Crippen LogP contribution is -2.44. The first kappa shape index (κ1) is 14.8. The van der Waals surface area contributed by atoms with Crippen molar-refractivity contribution in [2.75, 3.05) is 6.26 Å². The highest BCUT2D eigenvalue weighted by Gasteiger charge is 2.32. The summed E-state index contributed by atoms with van der Waals surface area (Å²) in [7, 11) is -3.86. The molecule has 0 aliphatic heterocycles. The summed E-state index contributed by atoms with van der Waals surface area (Å²) in [6.45, 7) is 0. The van der Waals surface area contributed by atoms with Crippen LogP contribution in [0.1, 0.15) is 0 Å². The number of amides is 1. The Morgan fingerprint density at radius 3 is 2.45 bits per heavy atom. The molecule has 3 N–H and O–H groups in total. The third kappa shape index (κ3) is 2.79. The van der Waals surface area contributed by atoms with E-state index in [1.165, 1.54) is 6.07 Å². The molecule has 20 heavy (non-hydrogen) atoms. The van der Waals surface area contributed by atoms with Gasteiger partial charge in [0.2, 0.25) is 15.2 Å². The number of carbonyl (C=O) groups excluding carboxylic acids is 1. The second-order valence-corrected chi connectivity index (χ2v) is 6.84. The molecule has 7 heteroatoms. The van der Waals surface area contributed by atoms with Gasteiger partial charge < -0.3 is 5.73 Å². The molecule has 0 aliphatic rings. The Bertz CT molecular complexity index is 744. The van der Waals surface area contributed by atoms with Crippen molar-refractivity contribution in [3.05, 3.63) is 42.5 Å². The number of rotatable bonds is 5. The second-order valence-electron chi connectivity index (χ2n) is 4.16. The topological polar surface area (TPSA) is 89.3 Å². The first-order chi connectivity index (χ1) is 9.46. The van der Waals surface area contributed by atoms with E-state index in [1.54, 1.807) is 18.4 Å². The van der Waals surface area contributed by atoms with Crippen molar-refractivity contribution in [1.82, 2.24) is 4.72 Å². The normalized spacial score (nSPS) is 13.2. The maximum Gasteiger partial charge on any atom is 0.251 e. The van der Waals surface area contributed by atoms with Crippen molar-refractivity contribution in [1.29, 1.82) is 0 Å². The van der Waals surface area contributed by atoms with E-state index in [0.717, 1.165) is 22.7 Å². The van der Waals surface area contributed by atoms with E-state index < -0.39 is 21.1 Å². The number of nitrogens with two attached hydrogens (primary N) is 1. The van der Waals surface area contributed by atoms with E-state index in [0.29, 0.717) is 0 Å². The average molecular weight is 310 g/mol. The number of sulfone groups is 1. The largest absolute Gasteiger partial charge is 0.367 e. The van der Waals surface area contributed by atoms with Gasteiger partial charge in [0.15, 0.2) is 0 Å². The summed E-state index contributed by atoms with van der Waals surface area (Å²) in [5.74, 6) is -0.924. The monoisotopic (exact) mass is 310 g/mol. The summed E-state index contributed by atoms with van der Waals surface area (Å²) >= 11 is 1.03. The summed E-state index contributed by atoms with van der Waals surface area (Å²) in [6.07, 6.45) is 1.63. The van der Waals surface area contributed by atoms with E-state index in [9.17, 15) is 13.2 Å². The molecule has 0 saturated heterocycles. The van der Waals surface area contributed by atoms with E-state index in [4.69, 9.17) is 5.73 Å². The first-order valence-corrected chi connectivity index (χ1v) is 8.54. The number of benzene rings is 2. The molecule has 2 aromatic carbocycles. The Balaban J connectivity index is 2.52. The molecule has 0 radical (unpaired) electrons. The van der Waals surface area contributed by atoms with Crippen molar-refractivity contribution in [2.24, 2.45) is 5.73 Å². The predicted molar refractivity (Wildman–Crippen MR) is 80.8 cm³/mol. The van der Waals surface area contributed by atoms with Crippen LogP contribution in [-0.2, 0) is 14.6 Å². The SMILES string of the molecule is CSNC(C(N)=O)S(=O)(=O)c1ccc2ccccc2c1. The highest BCUT2D eigenvalue weighted by atomic mass is 32.2. The fourth-order valence-corrected chi connectivity index (χ4v) is 4.11. The number of hydrogen-bond donors (Lipinski definition) is 2. The maximum absolute atomic E-state index is 12.4. The quantitative estimate of drug-likeness (QED) is 0.812. The van der Waals surface area contributed by atoms with Crippen LogP contribution in [0, 0.1) is 0 Å². The van der Waals surface area contributed by atoms with Gasteiger partial charge in [-0.15, -0.1) is 0 Å². The van der Waals surface area contributed by atoms with Crippen LogP contribution in [-0.4, -0.2) is 26.0 Å². The Kier molecular flexibility index (Phi) is 4.32. The smallest absolute Gasteiger partial charge is 0.251 e. The lowest BCUT2D eigenvalue weighted by Gasteiger charge is -2.14. The third-order valence-electron chi connectivity index (χ3n) is 2.84. The lowest BCUT2D eigenvalue weighted by atomic mass is 10.1. The van der Waals surface area contributed by atoms with Crippen LogP contribution in [0.2, 0.25) is 0 Å². The van der Waals surface area contributed by atoms with Gasteiger partial charge in [-0.05, 0) is 29.2 Å². The Morgan fingerprint density at radius 1 is 1.20 bits per heavy atom. The van der Waals surface area contributed by atoms with Gasteiger partial charge in [-0.1, -0.05) is 42.3 Å². The zero-order valence-electron chi connectivity index (χ0n) is 10.7. The van der Waals surface area contributed by atoms with Gasteiger partial charge in [0.1, 0.15) is 0 Å². The number of fused-ring (bicyclic) bond motifs is 1. The van der Waals surface area contributed by atoms with Crippen molar-refractivity contribution >= 4 is 38.5 Å². The molecule has 2 aromatic rings. The van der Waals surface area contributed by atoms with Crippen molar-refractivity contribution in [3.8, 4) is 0 Å². The molecule has 2 rings (SSSR count). The Morgan fingerprint density at radius 2 is 1.85 bits per heavy atom. The molecule has 0 aromatic heterocycles. The molecule has 1 unspecified atom stereocenters. The molecule has 5 nitrogen and oxygen atoms in total. The minimum absolute atomic E-state index is 0.0709. The summed E-state index contributed by atoms with van der Waals surface area (Å²) in [5.41, 5.74) is 5.16. The molecule has 106 valence electrons. The summed E-state index contributed by atoms with van der Waals surface area (Å²) < 4.78 is 27.4. The molecule has 0 fully saturated rings. The van der Waals surface area contributed by atoms with Gasteiger partial charge in [0.25, 0.3) is 5.91 Å². The van der Waals surface area contributed by atoms with Crippen molar-refractivity contribution in [3.63, 3.8) is 0 Å². The standard InChI is InChI=1S/C13H14N2O3S2/c1-19-15-13(12(14)16)20(17,18)11-7-6-9-4-2-3-5-10(9)8-11/h2-8,13,15H,1H3,(H2,14,16).